The van der Waals surface area contributed by atoms with Gasteiger partial charge >= 0.3 is 0 Å². The molecular weight excluding hydrogens is 220 g/mol. The summed E-state index contributed by atoms with van der Waals surface area (Å²) in [4.78, 5) is 0. The van der Waals surface area contributed by atoms with Gasteiger partial charge in [0, 0.05) is 0 Å². The van der Waals surface area contributed by atoms with E-state index in [0.717, 1.165) is 19.3 Å². The van der Waals surface area contributed by atoms with Crippen LogP contribution in [-0.4, -0.2) is 10.7 Å². The second-order valence-corrected chi connectivity index (χ2v) is 6.34. The van der Waals surface area contributed by atoms with Gasteiger partial charge in [0.05, 0.1) is 5.60 Å². The molecule has 0 spiro atoms. The third kappa shape index (κ3) is 5.22. The fraction of sp³-hybridized carbons (Fsp3) is 0.647. The van der Waals surface area contributed by atoms with Gasteiger partial charge in [-0.3, -0.25) is 0 Å². The third-order valence-electron chi connectivity index (χ3n) is 3.70. The van der Waals surface area contributed by atoms with Crippen LogP contribution in [0.25, 0.3) is 0 Å². The first kappa shape index (κ1) is 15.2. The van der Waals surface area contributed by atoms with Gasteiger partial charge in [-0.2, -0.15) is 0 Å². The first-order valence-electron chi connectivity index (χ1n) is 7.10. The summed E-state index contributed by atoms with van der Waals surface area (Å²) in [5.74, 6) is 1.17. The largest absolute Gasteiger partial charge is 0.390 e. The summed E-state index contributed by atoms with van der Waals surface area (Å²) < 4.78 is 0. The third-order valence-corrected chi connectivity index (χ3v) is 3.70. The van der Waals surface area contributed by atoms with Crippen molar-refractivity contribution in [2.75, 3.05) is 0 Å². The van der Waals surface area contributed by atoms with E-state index >= 15 is 0 Å². The first-order chi connectivity index (χ1) is 8.31. The van der Waals surface area contributed by atoms with Gasteiger partial charge in [0.25, 0.3) is 0 Å². The van der Waals surface area contributed by atoms with Gasteiger partial charge in [-0.1, -0.05) is 50.1 Å². The Kier molecular flexibility index (Phi) is 5.40. The van der Waals surface area contributed by atoms with Crippen LogP contribution in [0.1, 0.15) is 64.0 Å². The summed E-state index contributed by atoms with van der Waals surface area (Å²) in [5.41, 5.74) is 2.18. The van der Waals surface area contributed by atoms with E-state index in [0.29, 0.717) is 11.8 Å². The van der Waals surface area contributed by atoms with E-state index in [1.807, 2.05) is 13.8 Å². The van der Waals surface area contributed by atoms with Crippen LogP contribution < -0.4 is 0 Å². The minimum Gasteiger partial charge on any atom is -0.390 e. The molecule has 0 amide bonds. The maximum atomic E-state index is 9.94. The highest BCUT2D eigenvalue weighted by molar-refractivity contribution is 5.24. The van der Waals surface area contributed by atoms with Crippen molar-refractivity contribution in [1.29, 1.82) is 0 Å². The van der Waals surface area contributed by atoms with E-state index < -0.39 is 5.60 Å². The van der Waals surface area contributed by atoms with E-state index in [1.54, 1.807) is 0 Å². The van der Waals surface area contributed by atoms with Crippen LogP contribution in [0.5, 0.6) is 0 Å². The molecule has 1 aromatic carbocycles. The Labute approximate surface area is 112 Å². The van der Waals surface area contributed by atoms with Crippen molar-refractivity contribution in [2.24, 2.45) is 5.92 Å². The molecule has 1 nitrogen and oxygen atoms in total. The van der Waals surface area contributed by atoms with E-state index in [2.05, 4.69) is 45.0 Å². The fourth-order valence-corrected chi connectivity index (χ4v) is 2.63. The molecule has 0 saturated carbocycles. The van der Waals surface area contributed by atoms with Crippen LogP contribution in [0, 0.1) is 12.8 Å². The van der Waals surface area contributed by atoms with Gasteiger partial charge in [-0.15, -0.1) is 0 Å². The smallest absolute Gasteiger partial charge is 0.0594 e. The molecule has 0 aromatic heterocycles. The fourth-order valence-electron chi connectivity index (χ4n) is 2.63. The van der Waals surface area contributed by atoms with Crippen LogP contribution in [-0.2, 0) is 0 Å². The summed E-state index contributed by atoms with van der Waals surface area (Å²) >= 11 is 0. The lowest BCUT2D eigenvalue weighted by Gasteiger charge is -2.26. The normalized spacial score (nSPS) is 15.4. The van der Waals surface area contributed by atoms with Crippen molar-refractivity contribution in [1.82, 2.24) is 0 Å². The summed E-state index contributed by atoms with van der Waals surface area (Å²) in [7, 11) is 0. The Morgan fingerprint density at radius 1 is 1.17 bits per heavy atom. The molecule has 0 saturated heterocycles. The number of rotatable bonds is 6. The van der Waals surface area contributed by atoms with E-state index in [1.165, 1.54) is 11.1 Å². The lowest BCUT2D eigenvalue weighted by atomic mass is 9.83. The molecule has 0 fully saturated rings. The van der Waals surface area contributed by atoms with Gasteiger partial charge in [0.2, 0.25) is 0 Å². The zero-order chi connectivity index (χ0) is 13.8. The Morgan fingerprint density at radius 3 is 2.17 bits per heavy atom. The molecule has 1 rings (SSSR count). The SMILES string of the molecule is CCC(C[C@H](C)c1ccc(C)cc1)CC(C)(C)O. The molecule has 2 atom stereocenters. The monoisotopic (exact) mass is 248 g/mol. The lowest BCUT2D eigenvalue weighted by molar-refractivity contribution is 0.0493. The van der Waals surface area contributed by atoms with Crippen molar-refractivity contribution >= 4 is 0 Å². The molecule has 18 heavy (non-hydrogen) atoms. The molecule has 0 bridgehead atoms. The second kappa shape index (κ2) is 6.38. The Balaban J connectivity index is 2.61. The average molecular weight is 248 g/mol. The number of benzene rings is 1. The summed E-state index contributed by atoms with van der Waals surface area (Å²) in [5, 5.41) is 9.94. The molecule has 0 heterocycles. The highest BCUT2D eigenvalue weighted by Crippen LogP contribution is 2.30. The Morgan fingerprint density at radius 2 is 1.72 bits per heavy atom. The number of aliphatic hydroxyl groups is 1. The predicted molar refractivity (Wildman–Crippen MR) is 78.9 cm³/mol. The summed E-state index contributed by atoms with van der Waals surface area (Å²) in [6.45, 7) is 10.5. The van der Waals surface area contributed by atoms with Gasteiger partial charge in [-0.05, 0) is 51.0 Å². The topological polar surface area (TPSA) is 20.2 Å². The van der Waals surface area contributed by atoms with Crippen LogP contribution in [0.15, 0.2) is 24.3 Å². The molecule has 1 N–H and O–H groups in total. The maximum absolute atomic E-state index is 9.94. The van der Waals surface area contributed by atoms with E-state index in [9.17, 15) is 5.11 Å². The zero-order valence-electron chi connectivity index (χ0n) is 12.5. The quantitative estimate of drug-likeness (QED) is 0.775. The van der Waals surface area contributed by atoms with Crippen LogP contribution in [0.3, 0.4) is 0 Å². The van der Waals surface area contributed by atoms with Crippen LogP contribution >= 0.6 is 0 Å². The van der Waals surface area contributed by atoms with Crippen molar-refractivity contribution in [2.45, 2.75) is 65.4 Å². The highest BCUT2D eigenvalue weighted by atomic mass is 16.3. The molecule has 0 aliphatic rings. The molecule has 0 aliphatic carbocycles. The molecule has 0 radical (unpaired) electrons. The number of aryl methyl sites for hydroxylation is 1. The van der Waals surface area contributed by atoms with Gasteiger partial charge in [-0.25, -0.2) is 0 Å². The number of hydrogen-bond donors (Lipinski definition) is 1. The molecule has 1 unspecified atom stereocenters. The van der Waals surface area contributed by atoms with Gasteiger partial charge in [0.1, 0.15) is 0 Å². The lowest BCUT2D eigenvalue weighted by Crippen LogP contribution is -2.23. The van der Waals surface area contributed by atoms with Gasteiger partial charge in [0.15, 0.2) is 0 Å². The summed E-state index contributed by atoms with van der Waals surface area (Å²) in [6.07, 6.45) is 3.18. The summed E-state index contributed by atoms with van der Waals surface area (Å²) in [6, 6.07) is 8.83. The van der Waals surface area contributed by atoms with Crippen molar-refractivity contribution < 1.29 is 5.11 Å². The van der Waals surface area contributed by atoms with Crippen LogP contribution in [0.2, 0.25) is 0 Å². The molecule has 102 valence electrons. The molecular formula is C17H28O. The minimum absolute atomic E-state index is 0.548. The molecule has 1 heteroatoms. The zero-order valence-corrected chi connectivity index (χ0v) is 12.5. The van der Waals surface area contributed by atoms with Gasteiger partial charge < -0.3 is 5.11 Å². The number of hydrogen-bond acceptors (Lipinski definition) is 1. The second-order valence-electron chi connectivity index (χ2n) is 6.34. The van der Waals surface area contributed by atoms with Crippen LogP contribution in [0.4, 0.5) is 0 Å². The maximum Gasteiger partial charge on any atom is 0.0594 e. The predicted octanol–water partition coefficient (Wildman–Crippen LogP) is 4.68. The highest BCUT2D eigenvalue weighted by Gasteiger charge is 2.21. The molecule has 0 aliphatic heterocycles. The Hall–Kier alpha value is -0.820. The van der Waals surface area contributed by atoms with Crippen molar-refractivity contribution in [3.63, 3.8) is 0 Å². The standard InChI is InChI=1S/C17H28O/c1-6-15(12-17(4,5)18)11-14(3)16-9-7-13(2)8-10-16/h7-10,14-15,18H,6,11-12H2,1-5H3/t14-,15?/m0/s1. The van der Waals surface area contributed by atoms with E-state index in [-0.39, 0.29) is 0 Å². The van der Waals surface area contributed by atoms with Crippen molar-refractivity contribution in [3.8, 4) is 0 Å². The Bertz CT molecular complexity index is 345. The average Bonchev–Trinajstić information content (AvgIpc) is 2.27. The minimum atomic E-state index is -0.548. The van der Waals surface area contributed by atoms with Crippen molar-refractivity contribution in [3.05, 3.63) is 35.4 Å². The first-order valence-corrected chi connectivity index (χ1v) is 7.10. The molecule has 1 aromatic rings. The van der Waals surface area contributed by atoms with E-state index in [4.69, 9.17) is 0 Å².